The lowest BCUT2D eigenvalue weighted by Gasteiger charge is -2.27. The zero-order valence-corrected chi connectivity index (χ0v) is 24.3. The van der Waals surface area contributed by atoms with E-state index in [1.165, 1.54) is 42.8 Å². The fraction of sp³-hybridized carbons (Fsp3) is 0.467. The Morgan fingerprint density at radius 2 is 1.61 bits per heavy atom. The number of nitrogens with one attached hydrogen (secondary N) is 2. The standard InChI is InChI=1S/C30H38N3O7P/c1-20(2)17-26(28(34)19-21-7-5-4-6-8-21)32-30(36)27(33-29(35)23-11-13-24(31-3)14-12-23)18-22-9-15-25(16-10-22)40-41(37,38)39/h9-16,20-21,26-27H,4-8,17-19H2,1-2H3,(H,32,36)(H,33,35)(H2,37,38,39). The predicted octanol–water partition coefficient (Wildman–Crippen LogP) is 5.12. The second kappa shape index (κ2) is 14.9. The van der Waals surface area contributed by atoms with Gasteiger partial charge in [0.1, 0.15) is 11.8 Å². The molecule has 220 valence electrons. The Balaban J connectivity index is 1.80. The number of phosphoric acid groups is 1. The number of nitrogens with zero attached hydrogens (tertiary/aromatic N) is 1. The molecule has 3 rings (SSSR count). The number of hydrogen-bond acceptors (Lipinski definition) is 5. The second-order valence-electron chi connectivity index (χ2n) is 11.0. The minimum Gasteiger partial charge on any atom is -0.404 e. The molecule has 11 heteroatoms. The van der Waals surface area contributed by atoms with Crippen molar-refractivity contribution in [3.05, 3.63) is 71.1 Å². The third-order valence-corrected chi connectivity index (χ3v) is 7.54. The number of carbonyl (C=O) groups excluding carboxylic acids is 3. The Morgan fingerprint density at radius 1 is 0.976 bits per heavy atom. The van der Waals surface area contributed by atoms with Crippen LogP contribution in [-0.2, 0) is 20.6 Å². The summed E-state index contributed by atoms with van der Waals surface area (Å²) in [5, 5.41) is 5.66. The molecule has 2 amide bonds. The lowest BCUT2D eigenvalue weighted by atomic mass is 9.83. The van der Waals surface area contributed by atoms with E-state index in [4.69, 9.17) is 16.4 Å². The SMILES string of the molecule is [C-]#[N+]c1ccc(C(=O)NC(Cc2ccc(OP(=O)(O)O)cc2)C(=O)NC(CC(C)C)C(=O)CC2CCCCC2)cc1. The monoisotopic (exact) mass is 583 g/mol. The smallest absolute Gasteiger partial charge is 0.404 e. The van der Waals surface area contributed by atoms with E-state index in [1.807, 2.05) is 13.8 Å². The van der Waals surface area contributed by atoms with Gasteiger partial charge in [0.2, 0.25) is 5.91 Å². The highest BCUT2D eigenvalue weighted by Gasteiger charge is 2.29. The molecule has 4 N–H and O–H groups in total. The summed E-state index contributed by atoms with van der Waals surface area (Å²) in [5.74, 6) is -0.585. The molecule has 2 aromatic rings. The predicted molar refractivity (Wildman–Crippen MR) is 154 cm³/mol. The van der Waals surface area contributed by atoms with Crippen molar-refractivity contribution in [3.63, 3.8) is 0 Å². The largest absolute Gasteiger partial charge is 0.524 e. The molecule has 1 aliphatic rings. The molecule has 2 unspecified atom stereocenters. The van der Waals surface area contributed by atoms with Crippen LogP contribution in [0.4, 0.5) is 5.69 Å². The zero-order valence-electron chi connectivity index (χ0n) is 23.4. The number of amides is 2. The molecule has 1 fully saturated rings. The van der Waals surface area contributed by atoms with Crippen LogP contribution in [-0.4, -0.2) is 39.5 Å². The minimum absolute atomic E-state index is 0.00213. The molecule has 41 heavy (non-hydrogen) atoms. The highest BCUT2D eigenvalue weighted by molar-refractivity contribution is 7.46. The Bertz CT molecular complexity index is 1280. The molecule has 1 aliphatic carbocycles. The maximum Gasteiger partial charge on any atom is 0.524 e. The number of rotatable bonds is 13. The van der Waals surface area contributed by atoms with E-state index < -0.39 is 31.7 Å². The van der Waals surface area contributed by atoms with Gasteiger partial charge in [-0.15, -0.1) is 0 Å². The van der Waals surface area contributed by atoms with Crippen LogP contribution in [0.5, 0.6) is 5.75 Å². The van der Waals surface area contributed by atoms with Gasteiger partial charge in [-0.2, -0.15) is 0 Å². The van der Waals surface area contributed by atoms with E-state index in [0.29, 0.717) is 30.0 Å². The van der Waals surface area contributed by atoms with Crippen molar-refractivity contribution in [1.82, 2.24) is 10.6 Å². The van der Waals surface area contributed by atoms with E-state index in [9.17, 15) is 18.9 Å². The van der Waals surface area contributed by atoms with Gasteiger partial charge in [0, 0.05) is 18.4 Å². The fourth-order valence-corrected chi connectivity index (χ4v) is 5.43. The highest BCUT2D eigenvalue weighted by atomic mass is 31.2. The van der Waals surface area contributed by atoms with Crippen LogP contribution in [0.25, 0.3) is 4.85 Å². The Kier molecular flexibility index (Phi) is 11.7. The maximum atomic E-state index is 13.6. The van der Waals surface area contributed by atoms with Crippen molar-refractivity contribution >= 4 is 31.1 Å². The Labute approximate surface area is 240 Å². The summed E-state index contributed by atoms with van der Waals surface area (Å²) in [7, 11) is -4.73. The van der Waals surface area contributed by atoms with Gasteiger partial charge in [0.25, 0.3) is 5.91 Å². The summed E-state index contributed by atoms with van der Waals surface area (Å²) in [5.41, 5.74) is 1.25. The molecule has 0 saturated heterocycles. The zero-order chi connectivity index (χ0) is 30.0. The van der Waals surface area contributed by atoms with E-state index in [1.54, 1.807) is 12.1 Å². The lowest BCUT2D eigenvalue weighted by molar-refractivity contribution is -0.129. The topological polar surface area (TPSA) is 146 Å². The van der Waals surface area contributed by atoms with Crippen LogP contribution in [0.3, 0.4) is 0 Å². The molecular weight excluding hydrogens is 545 g/mol. The number of hydrogen-bond donors (Lipinski definition) is 4. The molecule has 0 aromatic heterocycles. The van der Waals surface area contributed by atoms with Gasteiger partial charge in [-0.3, -0.25) is 24.2 Å². The van der Waals surface area contributed by atoms with Crippen LogP contribution >= 0.6 is 7.82 Å². The van der Waals surface area contributed by atoms with E-state index in [0.717, 1.165) is 25.7 Å². The molecule has 0 bridgehead atoms. The van der Waals surface area contributed by atoms with Crippen LogP contribution in [0.15, 0.2) is 48.5 Å². The van der Waals surface area contributed by atoms with Crippen LogP contribution < -0.4 is 15.2 Å². The third-order valence-electron chi connectivity index (χ3n) is 7.09. The van der Waals surface area contributed by atoms with Gasteiger partial charge in [0.15, 0.2) is 11.5 Å². The van der Waals surface area contributed by atoms with Crippen molar-refractivity contribution in [1.29, 1.82) is 0 Å². The number of benzene rings is 2. The summed E-state index contributed by atoms with van der Waals surface area (Å²) in [6.45, 7) is 11.1. The number of carbonyl (C=O) groups is 3. The van der Waals surface area contributed by atoms with Crippen LogP contribution in [0.2, 0.25) is 0 Å². The first kappa shape index (κ1) is 32.0. The average molecular weight is 584 g/mol. The Hall–Kier alpha value is -3.51. The summed E-state index contributed by atoms with van der Waals surface area (Å²) < 4.78 is 15.7. The number of phosphoric ester groups is 1. The Morgan fingerprint density at radius 3 is 2.17 bits per heavy atom. The molecule has 0 spiro atoms. The van der Waals surface area contributed by atoms with Crippen molar-refractivity contribution in [3.8, 4) is 5.75 Å². The molecule has 0 aliphatic heterocycles. The van der Waals surface area contributed by atoms with Crippen molar-refractivity contribution in [2.75, 3.05) is 0 Å². The van der Waals surface area contributed by atoms with Gasteiger partial charge in [-0.25, -0.2) is 9.41 Å². The number of ketones is 1. The van der Waals surface area contributed by atoms with E-state index >= 15 is 0 Å². The first-order valence-corrected chi connectivity index (χ1v) is 15.4. The van der Waals surface area contributed by atoms with Crippen molar-refractivity contribution < 1.29 is 33.3 Å². The summed E-state index contributed by atoms with van der Waals surface area (Å²) >= 11 is 0. The first-order chi connectivity index (χ1) is 19.4. The third kappa shape index (κ3) is 10.8. The molecule has 2 aromatic carbocycles. The van der Waals surface area contributed by atoms with Gasteiger partial charge in [0.05, 0.1) is 12.6 Å². The molecule has 10 nitrogen and oxygen atoms in total. The summed E-state index contributed by atoms with van der Waals surface area (Å²) in [6, 6.07) is 10.1. The lowest BCUT2D eigenvalue weighted by Crippen LogP contribution is -2.53. The molecule has 0 heterocycles. The molecule has 0 radical (unpaired) electrons. The van der Waals surface area contributed by atoms with E-state index in [-0.39, 0.29) is 29.4 Å². The maximum absolute atomic E-state index is 13.6. The highest BCUT2D eigenvalue weighted by Crippen LogP contribution is 2.37. The molecule has 2 atom stereocenters. The van der Waals surface area contributed by atoms with Gasteiger partial charge in [-0.1, -0.05) is 82.3 Å². The second-order valence-corrected chi connectivity index (χ2v) is 12.1. The van der Waals surface area contributed by atoms with Crippen molar-refractivity contribution in [2.45, 2.75) is 77.3 Å². The summed E-state index contributed by atoms with van der Waals surface area (Å²) in [4.78, 5) is 61.4. The average Bonchev–Trinajstić information content (AvgIpc) is 2.92. The first-order valence-electron chi connectivity index (χ1n) is 13.9. The quantitative estimate of drug-likeness (QED) is 0.189. The van der Waals surface area contributed by atoms with Crippen LogP contribution in [0, 0.1) is 18.4 Å². The van der Waals surface area contributed by atoms with Gasteiger partial charge < -0.3 is 15.2 Å². The van der Waals surface area contributed by atoms with Crippen LogP contribution in [0.1, 0.15) is 74.7 Å². The van der Waals surface area contributed by atoms with Gasteiger partial charge >= 0.3 is 7.82 Å². The normalized spacial score (nSPS) is 15.4. The molecular formula is C30H38N3O7P. The fourth-order valence-electron chi connectivity index (χ4n) is 5.03. The van der Waals surface area contributed by atoms with Crippen molar-refractivity contribution in [2.24, 2.45) is 11.8 Å². The van der Waals surface area contributed by atoms with Gasteiger partial charge in [-0.05, 0) is 36.0 Å². The summed E-state index contributed by atoms with van der Waals surface area (Å²) in [6.07, 6.45) is 6.39. The molecule has 1 saturated carbocycles. The van der Waals surface area contributed by atoms with E-state index in [2.05, 4.69) is 20.0 Å². The minimum atomic E-state index is -4.73. The number of Topliss-reactive ketones (excluding diaryl/α,β-unsaturated/α-hetero) is 1.